The van der Waals surface area contributed by atoms with Crippen LogP contribution in [0.5, 0.6) is 5.75 Å². The minimum absolute atomic E-state index is 0.0722. The van der Waals surface area contributed by atoms with Crippen LogP contribution in [0.3, 0.4) is 0 Å². The van der Waals surface area contributed by atoms with Crippen molar-refractivity contribution in [3.8, 4) is 38.7 Å². The molecule has 3 aromatic carbocycles. The maximum Gasteiger partial charge on any atom is 0.243 e. The van der Waals surface area contributed by atoms with Gasteiger partial charge in [0.2, 0.25) is 18.3 Å². The standard InChI is InChI=1S/C31H30N6O2.C17H19N3O2S/c1-19(2)9-24-12-27(36-39-24)23-15-32-30(33-16-23)37-17-31(18-37)13-22(14-31)20-7-8-21-11-28(35-34-26(21)10-20)25-5-3-4-6-29(25)38;1-12-16(23-10-19-12)14-6-4-13(5-7-14)9-18-17(22)15-3-2-8-20(15)11-21/h3-8,10-12,15-16,19,22,38H,9,13-14,17-18H2,1-2H3;4-7,10-11,15H,2-3,8-9H2,1H3,(H,18,22). The molecule has 2 amide bonds. The number of hydrogen-bond acceptors (Lipinski definition) is 12. The van der Waals surface area contributed by atoms with Gasteiger partial charge in [-0.2, -0.15) is 0 Å². The van der Waals surface area contributed by atoms with Crippen molar-refractivity contribution < 1.29 is 19.2 Å². The number of nitrogens with zero attached hydrogens (tertiary/aromatic N) is 8. The van der Waals surface area contributed by atoms with Crippen LogP contribution in [-0.4, -0.2) is 78.3 Å². The Morgan fingerprint density at radius 3 is 2.48 bits per heavy atom. The van der Waals surface area contributed by atoms with E-state index in [1.54, 1.807) is 28.4 Å². The van der Waals surface area contributed by atoms with Gasteiger partial charge in [0.15, 0.2) is 0 Å². The van der Waals surface area contributed by atoms with Crippen LogP contribution in [0.4, 0.5) is 5.95 Å². The molecule has 10 rings (SSSR count). The summed E-state index contributed by atoms with van der Waals surface area (Å²) in [6, 6.07) is 25.5. The maximum absolute atomic E-state index is 12.2. The van der Waals surface area contributed by atoms with E-state index in [0.29, 0.717) is 41.6 Å². The number of nitrogens with one attached hydrogen (secondary N) is 1. The fourth-order valence-corrected chi connectivity index (χ4v) is 9.75. The predicted molar refractivity (Wildman–Crippen MR) is 239 cm³/mol. The third-order valence-electron chi connectivity index (χ3n) is 12.2. The first-order valence-electron chi connectivity index (χ1n) is 21.2. The predicted octanol–water partition coefficient (Wildman–Crippen LogP) is 8.39. The molecule has 4 aromatic heterocycles. The Morgan fingerprint density at radius 2 is 1.76 bits per heavy atom. The number of thiazole rings is 1. The smallest absolute Gasteiger partial charge is 0.243 e. The highest BCUT2D eigenvalue weighted by Gasteiger charge is 2.53. The number of hydrogen-bond donors (Lipinski definition) is 2. The van der Waals surface area contributed by atoms with Crippen molar-refractivity contribution in [1.82, 2.24) is 40.5 Å². The Balaban J connectivity index is 0.000000182. The van der Waals surface area contributed by atoms with E-state index in [2.05, 4.69) is 84.7 Å². The molecule has 62 heavy (non-hydrogen) atoms. The van der Waals surface area contributed by atoms with Crippen LogP contribution in [0.1, 0.15) is 68.0 Å². The van der Waals surface area contributed by atoms with Gasteiger partial charge < -0.3 is 24.7 Å². The molecule has 6 heterocycles. The monoisotopic (exact) mass is 847 g/mol. The average molecular weight is 848 g/mol. The number of aromatic hydroxyl groups is 1. The molecule has 1 aliphatic carbocycles. The van der Waals surface area contributed by atoms with Gasteiger partial charge in [0.25, 0.3) is 0 Å². The zero-order valence-corrected chi connectivity index (χ0v) is 35.9. The van der Waals surface area contributed by atoms with Gasteiger partial charge in [0, 0.05) is 73.0 Å². The second kappa shape index (κ2) is 17.4. The van der Waals surface area contributed by atoms with E-state index in [1.165, 1.54) is 10.4 Å². The van der Waals surface area contributed by atoms with Crippen LogP contribution < -0.4 is 10.2 Å². The third kappa shape index (κ3) is 8.64. The number of phenolic OH excluding ortho intramolecular Hbond substituents is 1. The van der Waals surface area contributed by atoms with Gasteiger partial charge in [0.1, 0.15) is 23.2 Å². The molecule has 1 unspecified atom stereocenters. The Labute approximate surface area is 364 Å². The number of likely N-dealkylation sites (tertiary alicyclic amines) is 1. The zero-order valence-electron chi connectivity index (χ0n) is 35.1. The summed E-state index contributed by atoms with van der Waals surface area (Å²) in [4.78, 5) is 41.6. The molecule has 7 aromatic rings. The van der Waals surface area contributed by atoms with Crippen molar-refractivity contribution in [3.05, 3.63) is 119 Å². The van der Waals surface area contributed by atoms with Crippen molar-refractivity contribution in [3.63, 3.8) is 0 Å². The van der Waals surface area contributed by atoms with E-state index in [4.69, 9.17) is 4.52 Å². The van der Waals surface area contributed by atoms with Gasteiger partial charge in [-0.25, -0.2) is 15.0 Å². The van der Waals surface area contributed by atoms with Gasteiger partial charge in [-0.3, -0.25) is 9.59 Å². The number of aryl methyl sites for hydroxylation is 1. The fraction of sp³-hybridized carbons (Fsp3) is 0.333. The minimum Gasteiger partial charge on any atom is -0.507 e. The van der Waals surface area contributed by atoms with Crippen LogP contribution in [0.25, 0.3) is 43.9 Å². The highest BCUT2D eigenvalue weighted by Crippen LogP contribution is 2.56. The molecule has 14 heteroatoms. The van der Waals surface area contributed by atoms with Gasteiger partial charge in [-0.05, 0) is 85.4 Å². The van der Waals surface area contributed by atoms with Crippen molar-refractivity contribution in [2.24, 2.45) is 11.3 Å². The quantitative estimate of drug-likeness (QED) is 0.120. The van der Waals surface area contributed by atoms with Gasteiger partial charge in [0.05, 0.1) is 27.3 Å². The molecule has 3 aliphatic rings. The molecular formula is C48H49N9O4S. The lowest BCUT2D eigenvalue weighted by Gasteiger charge is -2.59. The topological polar surface area (TPSA) is 163 Å². The largest absolute Gasteiger partial charge is 0.507 e. The Bertz CT molecular complexity index is 2680. The molecule has 0 radical (unpaired) electrons. The first-order chi connectivity index (χ1) is 30.1. The highest BCUT2D eigenvalue weighted by molar-refractivity contribution is 7.13. The summed E-state index contributed by atoms with van der Waals surface area (Å²) >= 11 is 1.63. The third-order valence-corrected chi connectivity index (χ3v) is 13.2. The summed E-state index contributed by atoms with van der Waals surface area (Å²) < 4.78 is 5.45. The van der Waals surface area contributed by atoms with E-state index in [1.807, 2.05) is 61.2 Å². The summed E-state index contributed by atoms with van der Waals surface area (Å²) in [6.45, 7) is 9.45. The molecule has 2 N–H and O–H groups in total. The molecule has 2 saturated heterocycles. The lowest BCUT2D eigenvalue weighted by molar-refractivity contribution is -0.131. The first-order valence-corrected chi connectivity index (χ1v) is 22.1. The molecule has 0 bridgehead atoms. The van der Waals surface area contributed by atoms with Crippen LogP contribution in [0.2, 0.25) is 0 Å². The van der Waals surface area contributed by atoms with E-state index in [-0.39, 0.29) is 17.7 Å². The molecule has 1 atom stereocenters. The summed E-state index contributed by atoms with van der Waals surface area (Å²) in [5.74, 6) is 2.87. The van der Waals surface area contributed by atoms with Crippen molar-refractivity contribution >= 4 is 40.5 Å². The van der Waals surface area contributed by atoms with Crippen LogP contribution in [0, 0.1) is 18.3 Å². The second-order valence-corrected chi connectivity index (χ2v) is 18.1. The van der Waals surface area contributed by atoms with Crippen molar-refractivity contribution in [2.45, 2.75) is 71.4 Å². The molecule has 1 saturated carbocycles. The Kier molecular flexibility index (Phi) is 11.5. The van der Waals surface area contributed by atoms with Crippen LogP contribution in [0.15, 0.2) is 101 Å². The van der Waals surface area contributed by atoms with Gasteiger partial charge in [-0.1, -0.05) is 67.5 Å². The number of para-hydroxylation sites is 1. The number of amides is 2. The maximum atomic E-state index is 12.2. The van der Waals surface area contributed by atoms with Gasteiger partial charge in [-0.15, -0.1) is 21.5 Å². The number of aromatic nitrogens is 6. The first kappa shape index (κ1) is 40.8. The Morgan fingerprint density at radius 1 is 0.968 bits per heavy atom. The minimum atomic E-state index is -0.313. The van der Waals surface area contributed by atoms with E-state index >= 15 is 0 Å². The van der Waals surface area contributed by atoms with Crippen molar-refractivity contribution in [1.29, 1.82) is 0 Å². The van der Waals surface area contributed by atoms with Crippen molar-refractivity contribution in [2.75, 3.05) is 24.5 Å². The average Bonchev–Trinajstić information content (AvgIpc) is 4.04. The molecular weight excluding hydrogens is 799 g/mol. The SMILES string of the molecule is CC(C)Cc1cc(-c2cnc(N3CC4(CC(c5ccc6cc(-c7ccccc7O)nnc6c5)C4)C3)nc2)no1.Cc1ncsc1-c1ccc(CNC(=O)C2CCCN2C=O)cc1. The molecule has 2 aliphatic heterocycles. The number of phenols is 1. The number of carbonyl (C=O) groups is 2. The van der Waals surface area contributed by atoms with E-state index < -0.39 is 0 Å². The van der Waals surface area contributed by atoms with Gasteiger partial charge >= 0.3 is 0 Å². The number of fused-ring (bicyclic) bond motifs is 1. The number of anilines is 1. The normalized spacial score (nSPS) is 16.8. The highest BCUT2D eigenvalue weighted by atomic mass is 32.1. The summed E-state index contributed by atoms with van der Waals surface area (Å²) in [7, 11) is 0. The molecule has 13 nitrogen and oxygen atoms in total. The molecule has 3 fully saturated rings. The van der Waals surface area contributed by atoms with E-state index in [0.717, 1.165) is 102 Å². The van der Waals surface area contributed by atoms with E-state index in [9.17, 15) is 14.7 Å². The molecule has 316 valence electrons. The summed E-state index contributed by atoms with van der Waals surface area (Å²) in [5.41, 5.74) is 10.7. The van der Waals surface area contributed by atoms with Crippen LogP contribution >= 0.6 is 11.3 Å². The lowest BCUT2D eigenvalue weighted by Crippen LogP contribution is -2.62. The second-order valence-electron chi connectivity index (χ2n) is 17.3. The number of rotatable bonds is 11. The summed E-state index contributed by atoms with van der Waals surface area (Å²) in [5, 5.41) is 27.1. The number of carbonyl (C=O) groups excluding carboxylic acids is 2. The van der Waals surface area contributed by atoms with Crippen LogP contribution in [-0.2, 0) is 22.6 Å². The summed E-state index contributed by atoms with van der Waals surface area (Å²) in [6.07, 6.45) is 9.28. The Hall–Kier alpha value is -6.54. The lowest BCUT2D eigenvalue weighted by atomic mass is 9.56. The zero-order chi connectivity index (χ0) is 42.8. The molecule has 1 spiro atoms. The number of benzene rings is 3. The fourth-order valence-electron chi connectivity index (χ4n) is 8.93.